The number of aromatic nitrogens is 2. The molecule has 1 rings (SSSR count). The van der Waals surface area contributed by atoms with Gasteiger partial charge in [0.15, 0.2) is 5.82 Å². The zero-order valence-electron chi connectivity index (χ0n) is 6.84. The first kappa shape index (κ1) is 9.39. The Kier molecular flexibility index (Phi) is 3.15. The van der Waals surface area contributed by atoms with Crippen LogP contribution in [0.1, 0.15) is 13.3 Å². The number of halogens is 2. The largest absolute Gasteiger partial charge is 0.370 e. The molecule has 3 nitrogen and oxygen atoms in total. The minimum atomic E-state index is -1.25. The molecule has 0 saturated carbocycles. The maximum Gasteiger partial charge on any atom is 0.333 e. The van der Waals surface area contributed by atoms with E-state index in [0.29, 0.717) is 12.6 Å². The van der Waals surface area contributed by atoms with Gasteiger partial charge in [-0.2, -0.15) is 14.4 Å². The molecular weight excluding hydrogens is 178 g/mol. The van der Waals surface area contributed by atoms with Gasteiger partial charge >= 0.3 is 6.01 Å². The Morgan fingerprint density at radius 1 is 1.54 bits per heavy atom. The summed E-state index contributed by atoms with van der Waals surface area (Å²) < 4.78 is 29.3. The van der Waals surface area contributed by atoms with Crippen molar-refractivity contribution in [3.8, 4) is 18.0 Å². The van der Waals surface area contributed by atoms with E-state index in [0.717, 1.165) is 0 Å². The van der Waals surface area contributed by atoms with E-state index < -0.39 is 11.8 Å². The van der Waals surface area contributed by atoms with Gasteiger partial charge in [0.05, 0.1) is 6.20 Å². The van der Waals surface area contributed by atoms with Gasteiger partial charge in [0.1, 0.15) is 6.11 Å². The number of hydrogen-bond acceptors (Lipinski definition) is 3. The highest BCUT2D eigenvalue weighted by Crippen LogP contribution is 2.05. The molecule has 5 heteroatoms. The molecule has 0 aliphatic carbocycles. The van der Waals surface area contributed by atoms with Crippen LogP contribution < -0.4 is 4.74 Å². The minimum Gasteiger partial charge on any atom is -0.370 e. The van der Waals surface area contributed by atoms with Gasteiger partial charge in [0.2, 0.25) is 0 Å². The van der Waals surface area contributed by atoms with Gasteiger partial charge < -0.3 is 4.74 Å². The zero-order valence-corrected chi connectivity index (χ0v) is 6.84. The Labute approximate surface area is 73.8 Å². The molecule has 0 aromatic carbocycles. The van der Waals surface area contributed by atoms with E-state index in [-0.39, 0.29) is 6.01 Å². The molecule has 0 bridgehead atoms. The predicted octanol–water partition coefficient (Wildman–Crippen LogP) is 1.50. The molecule has 0 N–H and O–H groups in total. The van der Waals surface area contributed by atoms with Crippen molar-refractivity contribution in [1.82, 2.24) is 9.97 Å². The van der Waals surface area contributed by atoms with E-state index in [1.807, 2.05) is 6.92 Å². The first-order valence-electron chi connectivity index (χ1n) is 3.56. The molecule has 0 radical (unpaired) electrons. The lowest BCUT2D eigenvalue weighted by Gasteiger charge is -1.94. The van der Waals surface area contributed by atoms with Crippen molar-refractivity contribution in [2.75, 3.05) is 0 Å². The van der Waals surface area contributed by atoms with Crippen molar-refractivity contribution in [3.63, 3.8) is 0 Å². The van der Waals surface area contributed by atoms with Crippen molar-refractivity contribution in [3.05, 3.63) is 18.0 Å². The molecule has 0 fully saturated rings. The van der Waals surface area contributed by atoms with Crippen LogP contribution in [0.5, 0.6) is 6.01 Å². The first-order valence-corrected chi connectivity index (χ1v) is 3.56. The summed E-state index contributed by atoms with van der Waals surface area (Å²) in [6.45, 7) is 1.82. The SMILES string of the molecule is CCC#COc1ncc(F)c(F)n1. The normalized spacial score (nSPS) is 8.85. The summed E-state index contributed by atoms with van der Waals surface area (Å²) in [5.74, 6) is 0.200. The Morgan fingerprint density at radius 2 is 2.31 bits per heavy atom. The highest BCUT2D eigenvalue weighted by molar-refractivity contribution is 5.03. The van der Waals surface area contributed by atoms with E-state index in [4.69, 9.17) is 0 Å². The summed E-state index contributed by atoms with van der Waals surface area (Å²) in [4.78, 5) is 6.43. The van der Waals surface area contributed by atoms with Crippen molar-refractivity contribution >= 4 is 0 Å². The zero-order chi connectivity index (χ0) is 9.68. The van der Waals surface area contributed by atoms with E-state index in [9.17, 15) is 8.78 Å². The third kappa shape index (κ3) is 2.67. The smallest absolute Gasteiger partial charge is 0.333 e. The quantitative estimate of drug-likeness (QED) is 0.490. The summed E-state index contributed by atoms with van der Waals surface area (Å²) in [5, 5.41) is 0. The van der Waals surface area contributed by atoms with Gasteiger partial charge in [-0.15, -0.1) is 0 Å². The second-order valence-electron chi connectivity index (χ2n) is 2.03. The fourth-order valence-electron chi connectivity index (χ4n) is 0.534. The Hall–Kier alpha value is -1.70. The number of nitrogens with zero attached hydrogens (tertiary/aromatic N) is 2. The molecule has 0 atom stereocenters. The van der Waals surface area contributed by atoms with Gasteiger partial charge in [0, 0.05) is 6.42 Å². The molecule has 0 aliphatic rings. The lowest BCUT2D eigenvalue weighted by molar-refractivity contribution is 0.417. The first-order chi connectivity index (χ1) is 6.24. The number of hydrogen-bond donors (Lipinski definition) is 0. The van der Waals surface area contributed by atoms with E-state index in [1.165, 1.54) is 0 Å². The minimum absolute atomic E-state index is 0.292. The summed E-state index contributed by atoms with van der Waals surface area (Å²) in [6, 6.07) is -0.292. The maximum atomic E-state index is 12.4. The molecule has 0 amide bonds. The van der Waals surface area contributed by atoms with Crippen LogP contribution in [0.15, 0.2) is 6.20 Å². The van der Waals surface area contributed by atoms with E-state index >= 15 is 0 Å². The van der Waals surface area contributed by atoms with Gasteiger partial charge in [-0.05, 0) is 0 Å². The van der Waals surface area contributed by atoms with Crippen LogP contribution in [0, 0.1) is 23.8 Å². The molecule has 0 aliphatic heterocycles. The van der Waals surface area contributed by atoms with Crippen LogP contribution in [0.4, 0.5) is 8.78 Å². The summed E-state index contributed by atoms with van der Waals surface area (Å²) in [6.07, 6.45) is 3.52. The van der Waals surface area contributed by atoms with Crippen LogP contribution in [-0.2, 0) is 0 Å². The van der Waals surface area contributed by atoms with Crippen LogP contribution in [-0.4, -0.2) is 9.97 Å². The molecular formula is C8H6F2N2O. The van der Waals surface area contributed by atoms with Crippen molar-refractivity contribution < 1.29 is 13.5 Å². The van der Waals surface area contributed by atoms with Gasteiger partial charge in [0.25, 0.3) is 5.95 Å². The lowest BCUT2D eigenvalue weighted by Crippen LogP contribution is -1.96. The maximum absolute atomic E-state index is 12.4. The molecule has 1 heterocycles. The number of ether oxygens (including phenoxy) is 1. The average Bonchev–Trinajstić information content (AvgIpc) is 2.12. The van der Waals surface area contributed by atoms with Crippen LogP contribution in [0.2, 0.25) is 0 Å². The fraction of sp³-hybridized carbons (Fsp3) is 0.250. The van der Waals surface area contributed by atoms with Crippen LogP contribution >= 0.6 is 0 Å². The summed E-state index contributed by atoms with van der Waals surface area (Å²) >= 11 is 0. The third-order valence-electron chi connectivity index (χ3n) is 1.07. The molecule has 13 heavy (non-hydrogen) atoms. The molecule has 0 saturated heterocycles. The molecule has 1 aromatic rings. The molecule has 1 aromatic heterocycles. The summed E-state index contributed by atoms with van der Waals surface area (Å²) in [5.41, 5.74) is 0. The molecule has 0 unspecified atom stereocenters. The highest BCUT2D eigenvalue weighted by atomic mass is 19.2. The molecule has 0 spiro atoms. The van der Waals surface area contributed by atoms with Crippen LogP contribution in [0.3, 0.4) is 0 Å². The standard InChI is InChI=1S/C8H6F2N2O/c1-2-3-4-13-8-11-5-6(9)7(10)12-8/h5H,2H2,1H3. The van der Waals surface area contributed by atoms with E-state index in [1.54, 1.807) is 0 Å². The van der Waals surface area contributed by atoms with Crippen molar-refractivity contribution in [2.24, 2.45) is 0 Å². The van der Waals surface area contributed by atoms with Crippen molar-refractivity contribution in [1.29, 1.82) is 0 Å². The monoisotopic (exact) mass is 184 g/mol. The predicted molar refractivity (Wildman–Crippen MR) is 40.6 cm³/mol. The average molecular weight is 184 g/mol. The van der Waals surface area contributed by atoms with Crippen LogP contribution in [0.25, 0.3) is 0 Å². The Balaban J connectivity index is 2.74. The van der Waals surface area contributed by atoms with Gasteiger partial charge in [-0.3, -0.25) is 0 Å². The summed E-state index contributed by atoms with van der Waals surface area (Å²) in [7, 11) is 0. The Bertz CT molecular complexity index is 357. The topological polar surface area (TPSA) is 35.0 Å². The van der Waals surface area contributed by atoms with E-state index in [2.05, 4.69) is 26.7 Å². The molecule has 68 valence electrons. The second-order valence-corrected chi connectivity index (χ2v) is 2.03. The lowest BCUT2D eigenvalue weighted by atomic mass is 10.5. The third-order valence-corrected chi connectivity index (χ3v) is 1.07. The van der Waals surface area contributed by atoms with Gasteiger partial charge in [-0.1, -0.05) is 12.8 Å². The fourth-order valence-corrected chi connectivity index (χ4v) is 0.534. The van der Waals surface area contributed by atoms with Gasteiger partial charge in [-0.25, -0.2) is 4.39 Å². The highest BCUT2D eigenvalue weighted by Gasteiger charge is 2.05. The van der Waals surface area contributed by atoms with Crippen molar-refractivity contribution in [2.45, 2.75) is 13.3 Å². The Morgan fingerprint density at radius 3 is 2.92 bits per heavy atom. The number of rotatable bonds is 1. The second kappa shape index (κ2) is 4.36.